The van der Waals surface area contributed by atoms with Crippen molar-refractivity contribution in [3.8, 4) is 11.4 Å². The second-order valence-corrected chi connectivity index (χ2v) is 5.97. The number of hydrogen-bond acceptors (Lipinski definition) is 4. The van der Waals surface area contributed by atoms with E-state index in [2.05, 4.69) is 10.2 Å². The summed E-state index contributed by atoms with van der Waals surface area (Å²) in [6.45, 7) is 0.418. The normalized spacial score (nSPS) is 12.6. The van der Waals surface area contributed by atoms with Crippen LogP contribution in [0.1, 0.15) is 11.4 Å². The molecule has 2 heterocycles. The summed E-state index contributed by atoms with van der Waals surface area (Å²) < 4.78 is 20.7. The highest BCUT2D eigenvalue weighted by Crippen LogP contribution is 2.36. The average Bonchev–Trinajstić information content (AvgIpc) is 3.03. The van der Waals surface area contributed by atoms with Gasteiger partial charge in [-0.05, 0) is 35.9 Å². The van der Waals surface area contributed by atoms with E-state index in [-0.39, 0.29) is 5.82 Å². The van der Waals surface area contributed by atoms with E-state index in [0.717, 1.165) is 33.5 Å². The van der Waals surface area contributed by atoms with E-state index in [1.807, 2.05) is 22.8 Å². The van der Waals surface area contributed by atoms with Gasteiger partial charge in [0.05, 0.1) is 11.4 Å². The van der Waals surface area contributed by atoms with Crippen LogP contribution in [0.25, 0.3) is 5.69 Å². The summed E-state index contributed by atoms with van der Waals surface area (Å²) in [5.41, 5.74) is 2.01. The Balaban J connectivity index is 1.54. The lowest BCUT2D eigenvalue weighted by molar-refractivity contribution is 0.305. The van der Waals surface area contributed by atoms with Crippen LogP contribution in [-0.4, -0.2) is 14.8 Å². The molecule has 6 heteroatoms. The zero-order valence-electron chi connectivity index (χ0n) is 11.6. The third-order valence-corrected chi connectivity index (χ3v) is 4.53. The number of benzene rings is 2. The van der Waals surface area contributed by atoms with Gasteiger partial charge < -0.3 is 4.74 Å². The fourth-order valence-corrected chi connectivity index (χ4v) is 3.34. The first-order chi connectivity index (χ1) is 10.8. The Labute approximate surface area is 130 Å². The van der Waals surface area contributed by atoms with E-state index in [0.29, 0.717) is 6.61 Å². The summed E-state index contributed by atoms with van der Waals surface area (Å²) in [6.07, 6.45) is 1.73. The van der Waals surface area contributed by atoms with Crippen LogP contribution in [0.15, 0.2) is 53.7 Å². The summed E-state index contributed by atoms with van der Waals surface area (Å²) in [6, 6.07) is 12.3. The summed E-state index contributed by atoms with van der Waals surface area (Å²) in [5.74, 6) is 2.32. The molecule has 1 aliphatic rings. The minimum absolute atomic E-state index is 0.237. The molecule has 0 radical (unpaired) electrons. The summed E-state index contributed by atoms with van der Waals surface area (Å²) in [7, 11) is 0. The second-order valence-electron chi connectivity index (χ2n) is 4.95. The lowest BCUT2D eigenvalue weighted by Crippen LogP contribution is -2.06. The van der Waals surface area contributed by atoms with Gasteiger partial charge in [0.25, 0.3) is 0 Å². The maximum atomic E-state index is 12.9. The molecule has 1 aromatic heterocycles. The number of halogens is 1. The minimum Gasteiger partial charge on any atom is -0.489 e. The van der Waals surface area contributed by atoms with Gasteiger partial charge in [-0.15, -0.1) is 22.0 Å². The van der Waals surface area contributed by atoms with E-state index in [9.17, 15) is 4.39 Å². The van der Waals surface area contributed by atoms with E-state index in [4.69, 9.17) is 4.74 Å². The van der Waals surface area contributed by atoms with Crippen molar-refractivity contribution >= 4 is 11.8 Å². The van der Waals surface area contributed by atoms with Gasteiger partial charge in [-0.3, -0.25) is 4.57 Å². The number of nitrogens with zero attached hydrogens (tertiary/aromatic N) is 3. The van der Waals surface area contributed by atoms with Gasteiger partial charge in [0.2, 0.25) is 0 Å². The van der Waals surface area contributed by atoms with Gasteiger partial charge >= 0.3 is 0 Å². The molecule has 0 amide bonds. The Morgan fingerprint density at radius 2 is 2.05 bits per heavy atom. The predicted molar refractivity (Wildman–Crippen MR) is 81.7 cm³/mol. The molecule has 22 heavy (non-hydrogen) atoms. The predicted octanol–water partition coefficient (Wildman–Crippen LogP) is 3.59. The molecule has 4 nitrogen and oxygen atoms in total. The van der Waals surface area contributed by atoms with Crippen LogP contribution >= 0.6 is 11.8 Å². The highest BCUT2D eigenvalue weighted by Gasteiger charge is 2.17. The molecule has 0 N–H and O–H groups in total. The maximum absolute atomic E-state index is 12.9. The molecular weight excluding hydrogens is 301 g/mol. The molecule has 0 fully saturated rings. The second kappa shape index (κ2) is 5.46. The lowest BCUT2D eigenvalue weighted by atomic mass is 10.2. The van der Waals surface area contributed by atoms with Gasteiger partial charge in [0.1, 0.15) is 30.3 Å². The van der Waals surface area contributed by atoms with Crippen molar-refractivity contribution in [2.75, 3.05) is 0 Å². The SMILES string of the molecule is Fc1ccc(COc2ccc3c(c2)SCc2nncn2-3)cc1. The number of fused-ring (bicyclic) bond motifs is 3. The van der Waals surface area contributed by atoms with Crippen molar-refractivity contribution in [3.63, 3.8) is 0 Å². The Morgan fingerprint density at radius 3 is 2.91 bits per heavy atom. The number of rotatable bonds is 3. The van der Waals surface area contributed by atoms with E-state index in [1.54, 1.807) is 30.2 Å². The molecule has 0 spiro atoms. The van der Waals surface area contributed by atoms with Crippen LogP contribution in [0.5, 0.6) is 5.75 Å². The highest BCUT2D eigenvalue weighted by atomic mass is 32.2. The summed E-state index contributed by atoms with van der Waals surface area (Å²) in [4.78, 5) is 1.14. The number of thioether (sulfide) groups is 1. The molecule has 1 aliphatic heterocycles. The molecular formula is C16H12FN3OS. The van der Waals surface area contributed by atoms with Crippen molar-refractivity contribution in [1.29, 1.82) is 0 Å². The van der Waals surface area contributed by atoms with Crippen LogP contribution in [0.2, 0.25) is 0 Å². The first kappa shape index (κ1) is 13.3. The molecule has 0 atom stereocenters. The van der Waals surface area contributed by atoms with Crippen molar-refractivity contribution in [1.82, 2.24) is 14.8 Å². The maximum Gasteiger partial charge on any atom is 0.147 e. The number of aromatic nitrogens is 3. The van der Waals surface area contributed by atoms with Crippen molar-refractivity contribution in [2.45, 2.75) is 17.3 Å². The van der Waals surface area contributed by atoms with Gasteiger partial charge in [-0.1, -0.05) is 12.1 Å². The Kier molecular flexibility index (Phi) is 3.31. The first-order valence-corrected chi connectivity index (χ1v) is 7.81. The van der Waals surface area contributed by atoms with E-state index in [1.165, 1.54) is 12.1 Å². The van der Waals surface area contributed by atoms with E-state index >= 15 is 0 Å². The highest BCUT2D eigenvalue weighted by molar-refractivity contribution is 7.98. The molecule has 0 unspecified atom stereocenters. The molecule has 0 bridgehead atoms. The Bertz CT molecular complexity index is 817. The van der Waals surface area contributed by atoms with Crippen LogP contribution < -0.4 is 4.74 Å². The van der Waals surface area contributed by atoms with Gasteiger partial charge in [0, 0.05) is 4.90 Å². The Morgan fingerprint density at radius 1 is 1.18 bits per heavy atom. The van der Waals surface area contributed by atoms with Gasteiger partial charge in [0.15, 0.2) is 0 Å². The molecule has 0 saturated carbocycles. The average molecular weight is 313 g/mol. The fourth-order valence-electron chi connectivity index (χ4n) is 2.35. The van der Waals surface area contributed by atoms with Crippen molar-refractivity contribution in [3.05, 3.63) is 66.0 Å². The van der Waals surface area contributed by atoms with Crippen LogP contribution in [0, 0.1) is 5.82 Å². The standard InChI is InChI=1S/C16H12FN3OS/c17-12-3-1-11(2-4-12)8-21-13-5-6-14-15(7-13)22-9-16-19-18-10-20(14)16/h1-7,10H,8-9H2. The molecule has 0 aliphatic carbocycles. The third kappa shape index (κ3) is 2.46. The van der Waals surface area contributed by atoms with Crippen LogP contribution in [-0.2, 0) is 12.4 Å². The monoisotopic (exact) mass is 313 g/mol. The molecule has 4 rings (SSSR count). The third-order valence-electron chi connectivity index (χ3n) is 3.48. The van der Waals surface area contributed by atoms with Gasteiger partial charge in [-0.25, -0.2) is 4.39 Å². The van der Waals surface area contributed by atoms with Crippen molar-refractivity contribution < 1.29 is 9.13 Å². The topological polar surface area (TPSA) is 39.9 Å². The van der Waals surface area contributed by atoms with Gasteiger partial charge in [-0.2, -0.15) is 0 Å². The largest absolute Gasteiger partial charge is 0.489 e. The zero-order chi connectivity index (χ0) is 14.9. The van der Waals surface area contributed by atoms with E-state index < -0.39 is 0 Å². The molecule has 3 aromatic rings. The number of ether oxygens (including phenoxy) is 1. The lowest BCUT2D eigenvalue weighted by Gasteiger charge is -2.18. The van der Waals surface area contributed by atoms with Crippen LogP contribution in [0.3, 0.4) is 0 Å². The zero-order valence-corrected chi connectivity index (χ0v) is 12.4. The quantitative estimate of drug-likeness (QED) is 0.741. The van der Waals surface area contributed by atoms with Crippen LogP contribution in [0.4, 0.5) is 4.39 Å². The first-order valence-electron chi connectivity index (χ1n) is 6.83. The smallest absolute Gasteiger partial charge is 0.147 e. The Hall–Kier alpha value is -2.34. The summed E-state index contributed by atoms with van der Waals surface area (Å²) >= 11 is 1.72. The minimum atomic E-state index is -0.237. The fraction of sp³-hybridized carbons (Fsp3) is 0.125. The molecule has 2 aromatic carbocycles. The number of hydrogen-bond donors (Lipinski definition) is 0. The van der Waals surface area contributed by atoms with Crippen molar-refractivity contribution in [2.24, 2.45) is 0 Å². The summed E-state index contributed by atoms with van der Waals surface area (Å²) in [5, 5.41) is 8.04. The molecule has 0 saturated heterocycles. The molecule has 110 valence electrons.